The van der Waals surface area contributed by atoms with Gasteiger partial charge in [0.2, 0.25) is 7.43 Å². The first-order chi connectivity index (χ1) is 8.30. The highest BCUT2D eigenvalue weighted by Crippen LogP contribution is 2.76. The first-order valence-electron chi connectivity index (χ1n) is 6.08. The van der Waals surface area contributed by atoms with Crippen LogP contribution in [0.4, 0.5) is 0 Å². The molecule has 0 bridgehead atoms. The van der Waals surface area contributed by atoms with Crippen molar-refractivity contribution in [2.24, 2.45) is 13.5 Å². The second kappa shape index (κ2) is 6.35. The number of nitrogens with zero attached hydrogens (tertiary/aromatic N) is 3. The van der Waals surface area contributed by atoms with E-state index in [1.165, 1.54) is 0 Å². The SMILES string of the molecule is CCOP1(C)=NP(C)(C)=NP(OCC)(OCC)=N1. The van der Waals surface area contributed by atoms with Crippen molar-refractivity contribution in [3.63, 3.8) is 0 Å². The fourth-order valence-electron chi connectivity index (χ4n) is 1.72. The summed E-state index contributed by atoms with van der Waals surface area (Å²) < 4.78 is 31.4. The molecule has 108 valence electrons. The van der Waals surface area contributed by atoms with Crippen LogP contribution in [0.5, 0.6) is 0 Å². The molecule has 9 heteroatoms. The van der Waals surface area contributed by atoms with Crippen molar-refractivity contribution in [2.45, 2.75) is 20.8 Å². The minimum absolute atomic E-state index is 0.535. The minimum atomic E-state index is -2.53. The van der Waals surface area contributed by atoms with Gasteiger partial charge in [0.05, 0.1) is 27.0 Å². The van der Waals surface area contributed by atoms with Gasteiger partial charge in [0.25, 0.3) is 0 Å². The van der Waals surface area contributed by atoms with Crippen molar-refractivity contribution in [3.05, 3.63) is 0 Å². The molecule has 0 saturated carbocycles. The second-order valence-corrected chi connectivity index (χ2v) is 12.4. The van der Waals surface area contributed by atoms with E-state index in [2.05, 4.69) is 4.52 Å². The van der Waals surface area contributed by atoms with Crippen LogP contribution < -0.4 is 0 Å². The zero-order valence-electron chi connectivity index (χ0n) is 12.0. The van der Waals surface area contributed by atoms with Crippen molar-refractivity contribution in [2.75, 3.05) is 39.8 Å². The van der Waals surface area contributed by atoms with Crippen LogP contribution >= 0.6 is 22.3 Å². The van der Waals surface area contributed by atoms with Crippen molar-refractivity contribution < 1.29 is 13.6 Å². The quantitative estimate of drug-likeness (QED) is 0.641. The Labute approximate surface area is 110 Å². The van der Waals surface area contributed by atoms with Gasteiger partial charge in [0, 0.05) is 6.66 Å². The standard InChI is InChI=1S/C9H24N3O3P3/c1-7-13-17(6)10-16(4,5)11-18(12-17,14-8-2)15-9-3/h7-9H2,1-6H3. The lowest BCUT2D eigenvalue weighted by Crippen LogP contribution is -1.98. The summed E-state index contributed by atoms with van der Waals surface area (Å²) in [6, 6.07) is 0. The van der Waals surface area contributed by atoms with E-state index in [0.29, 0.717) is 19.8 Å². The van der Waals surface area contributed by atoms with Gasteiger partial charge in [-0.1, -0.05) is 0 Å². The van der Waals surface area contributed by atoms with E-state index < -0.39 is 22.3 Å². The van der Waals surface area contributed by atoms with Gasteiger partial charge < -0.3 is 13.6 Å². The zero-order valence-corrected chi connectivity index (χ0v) is 14.7. The summed E-state index contributed by atoms with van der Waals surface area (Å²) in [4.78, 5) is 0. The van der Waals surface area contributed by atoms with Crippen LogP contribution in [-0.4, -0.2) is 39.8 Å². The largest absolute Gasteiger partial charge is 0.343 e. The van der Waals surface area contributed by atoms with Crippen LogP contribution in [0.25, 0.3) is 0 Å². The van der Waals surface area contributed by atoms with E-state index in [-0.39, 0.29) is 0 Å². The lowest BCUT2D eigenvalue weighted by atomic mass is 10.9. The van der Waals surface area contributed by atoms with Gasteiger partial charge in [-0.3, -0.25) is 0 Å². The molecule has 0 fully saturated rings. The van der Waals surface area contributed by atoms with Gasteiger partial charge in [-0.25, -0.2) is 4.52 Å². The molecule has 1 unspecified atom stereocenters. The summed E-state index contributed by atoms with van der Waals surface area (Å²) in [7, 11) is -6.48. The summed E-state index contributed by atoms with van der Waals surface area (Å²) in [5, 5.41) is 0. The average molecular weight is 315 g/mol. The Bertz CT molecular complexity index is 445. The maximum Gasteiger partial charge on any atom is 0.343 e. The maximum absolute atomic E-state index is 5.77. The Morgan fingerprint density at radius 3 is 1.67 bits per heavy atom. The zero-order chi connectivity index (χ0) is 13.9. The van der Waals surface area contributed by atoms with Crippen LogP contribution in [0.2, 0.25) is 0 Å². The highest BCUT2D eigenvalue weighted by molar-refractivity contribution is 7.82. The van der Waals surface area contributed by atoms with Crippen LogP contribution in [-0.2, 0) is 13.6 Å². The fourth-order valence-corrected chi connectivity index (χ4v) is 12.7. The third kappa shape index (κ3) is 4.30. The first kappa shape index (κ1) is 16.6. The molecule has 1 heterocycles. The molecule has 0 spiro atoms. The summed E-state index contributed by atoms with van der Waals surface area (Å²) >= 11 is 0. The predicted molar refractivity (Wildman–Crippen MR) is 80.7 cm³/mol. The molecule has 6 nitrogen and oxygen atoms in total. The molecule has 1 rings (SSSR count). The molecule has 18 heavy (non-hydrogen) atoms. The Morgan fingerprint density at radius 2 is 1.22 bits per heavy atom. The van der Waals surface area contributed by atoms with Gasteiger partial charge in [-0.05, 0) is 34.1 Å². The molecule has 0 aromatic rings. The average Bonchev–Trinajstić information content (AvgIpc) is 2.13. The minimum Gasteiger partial charge on any atom is -0.328 e. The van der Waals surface area contributed by atoms with Crippen LogP contribution in [0, 0.1) is 0 Å². The van der Waals surface area contributed by atoms with Gasteiger partial charge in [0.1, 0.15) is 0 Å². The fraction of sp³-hybridized carbons (Fsp3) is 1.00. The van der Waals surface area contributed by atoms with Crippen molar-refractivity contribution in [1.82, 2.24) is 0 Å². The monoisotopic (exact) mass is 315 g/mol. The molecule has 0 radical (unpaired) electrons. The van der Waals surface area contributed by atoms with Crippen molar-refractivity contribution >= 4 is 22.3 Å². The number of rotatable bonds is 6. The Hall–Kier alpha value is 0.570. The number of hydrogen-bond acceptors (Lipinski definition) is 6. The lowest BCUT2D eigenvalue weighted by molar-refractivity contribution is 0.260. The van der Waals surface area contributed by atoms with Gasteiger partial charge in [-0.2, -0.15) is 9.03 Å². The van der Waals surface area contributed by atoms with Crippen molar-refractivity contribution in [3.8, 4) is 0 Å². The summed E-state index contributed by atoms with van der Waals surface area (Å²) in [5.41, 5.74) is 0. The molecule has 0 aromatic heterocycles. The van der Waals surface area contributed by atoms with E-state index in [9.17, 15) is 0 Å². The van der Waals surface area contributed by atoms with E-state index in [1.54, 1.807) is 0 Å². The second-order valence-electron chi connectivity index (χ2n) is 4.18. The van der Waals surface area contributed by atoms with E-state index in [0.717, 1.165) is 0 Å². The van der Waals surface area contributed by atoms with E-state index in [4.69, 9.17) is 22.6 Å². The Kier molecular flexibility index (Phi) is 5.86. The number of hydrogen-bond donors (Lipinski definition) is 0. The molecule has 0 aromatic carbocycles. The van der Waals surface area contributed by atoms with Gasteiger partial charge >= 0.3 is 7.66 Å². The normalized spacial score (nSPS) is 29.0. The summed E-state index contributed by atoms with van der Waals surface area (Å²) in [5.74, 6) is 0. The lowest BCUT2D eigenvalue weighted by Gasteiger charge is -2.30. The van der Waals surface area contributed by atoms with Crippen LogP contribution in [0.1, 0.15) is 20.8 Å². The van der Waals surface area contributed by atoms with Crippen molar-refractivity contribution in [1.29, 1.82) is 0 Å². The van der Waals surface area contributed by atoms with Gasteiger partial charge in [0.15, 0.2) is 0 Å². The smallest absolute Gasteiger partial charge is 0.328 e. The third-order valence-corrected chi connectivity index (χ3v) is 11.9. The molecule has 0 N–H and O–H groups in total. The highest BCUT2D eigenvalue weighted by Gasteiger charge is 2.32. The van der Waals surface area contributed by atoms with E-state index >= 15 is 0 Å². The first-order valence-corrected chi connectivity index (χ1v) is 12.3. The highest BCUT2D eigenvalue weighted by atomic mass is 31.3. The third-order valence-electron chi connectivity index (χ3n) is 1.96. The van der Waals surface area contributed by atoms with Gasteiger partial charge in [-0.15, -0.1) is 0 Å². The molecular formula is C9H24N3O3P3. The topological polar surface area (TPSA) is 64.8 Å². The summed E-state index contributed by atoms with van der Waals surface area (Å²) in [6.45, 7) is 13.5. The van der Waals surface area contributed by atoms with E-state index in [1.807, 2.05) is 40.8 Å². The molecule has 0 saturated heterocycles. The summed E-state index contributed by atoms with van der Waals surface area (Å²) in [6.07, 6.45) is 0. The van der Waals surface area contributed by atoms with Crippen LogP contribution in [0.15, 0.2) is 13.5 Å². The molecule has 1 aliphatic rings. The molecule has 1 aliphatic heterocycles. The Morgan fingerprint density at radius 1 is 0.722 bits per heavy atom. The Balaban J connectivity index is 3.38. The van der Waals surface area contributed by atoms with Crippen LogP contribution in [0.3, 0.4) is 0 Å². The maximum atomic E-state index is 5.77. The molecular weight excluding hydrogens is 291 g/mol. The molecule has 0 amide bonds. The molecule has 0 aliphatic carbocycles. The molecule has 1 atom stereocenters. The predicted octanol–water partition coefficient (Wildman–Crippen LogP) is 5.09.